The van der Waals surface area contributed by atoms with Gasteiger partial charge in [0, 0.05) is 18.4 Å². The van der Waals surface area contributed by atoms with Crippen LogP contribution in [0, 0.1) is 12.3 Å². The van der Waals surface area contributed by atoms with E-state index in [9.17, 15) is 4.79 Å². The topological polar surface area (TPSA) is 26.3 Å². The van der Waals surface area contributed by atoms with E-state index in [2.05, 4.69) is 5.92 Å². The molecule has 1 aromatic rings. The molecule has 1 atom stereocenters. The van der Waals surface area contributed by atoms with Crippen molar-refractivity contribution in [3.8, 4) is 18.1 Å². The Balaban J connectivity index is 2.02. The zero-order valence-electron chi connectivity index (χ0n) is 9.11. The van der Waals surface area contributed by atoms with Crippen molar-refractivity contribution in [2.75, 3.05) is 6.61 Å². The first-order valence-corrected chi connectivity index (χ1v) is 5.51. The smallest absolute Gasteiger partial charge is 0.143 e. The highest BCUT2D eigenvalue weighted by Gasteiger charge is 2.28. The van der Waals surface area contributed by atoms with E-state index in [1.807, 2.05) is 24.3 Å². The molecule has 0 aliphatic carbocycles. The van der Waals surface area contributed by atoms with Crippen LogP contribution in [-0.2, 0) is 4.79 Å². The van der Waals surface area contributed by atoms with Crippen LogP contribution in [0.4, 0.5) is 0 Å². The molecule has 1 aliphatic rings. The van der Waals surface area contributed by atoms with Crippen LogP contribution < -0.4 is 4.74 Å². The number of ketones is 1. The number of benzene rings is 1. The van der Waals surface area contributed by atoms with Crippen molar-refractivity contribution < 1.29 is 9.53 Å². The van der Waals surface area contributed by atoms with Gasteiger partial charge in [-0.1, -0.05) is 18.2 Å². The van der Waals surface area contributed by atoms with Crippen molar-refractivity contribution in [2.24, 2.45) is 0 Å². The lowest BCUT2D eigenvalue weighted by atomic mass is 9.94. The Morgan fingerprint density at radius 2 is 2.31 bits per heavy atom. The predicted octanol–water partition coefficient (Wildman–Crippen LogP) is 2.54. The van der Waals surface area contributed by atoms with Crippen molar-refractivity contribution in [3.05, 3.63) is 29.8 Å². The molecule has 1 aromatic carbocycles. The number of fused-ring (bicyclic) bond motifs is 1. The van der Waals surface area contributed by atoms with Crippen LogP contribution in [0.3, 0.4) is 0 Å². The SMILES string of the molecule is C#CCCCC(=O)C1COc2ccccc21. The van der Waals surface area contributed by atoms with Gasteiger partial charge in [0.2, 0.25) is 0 Å². The normalized spacial score (nSPS) is 17.3. The van der Waals surface area contributed by atoms with E-state index >= 15 is 0 Å². The molecule has 82 valence electrons. The molecule has 1 heterocycles. The van der Waals surface area contributed by atoms with Gasteiger partial charge in [-0.3, -0.25) is 4.79 Å². The van der Waals surface area contributed by atoms with E-state index < -0.39 is 0 Å². The molecular formula is C14H14O2. The van der Waals surface area contributed by atoms with Gasteiger partial charge in [-0.25, -0.2) is 0 Å². The van der Waals surface area contributed by atoms with Gasteiger partial charge in [-0.15, -0.1) is 12.3 Å². The first kappa shape index (κ1) is 10.8. The summed E-state index contributed by atoms with van der Waals surface area (Å²) in [5.41, 5.74) is 1.02. The molecule has 2 rings (SSSR count). The highest BCUT2D eigenvalue weighted by atomic mass is 16.5. The van der Waals surface area contributed by atoms with Gasteiger partial charge in [0.15, 0.2) is 0 Å². The van der Waals surface area contributed by atoms with E-state index in [0.717, 1.165) is 17.7 Å². The minimum Gasteiger partial charge on any atom is -0.492 e. The Morgan fingerprint density at radius 1 is 1.50 bits per heavy atom. The monoisotopic (exact) mass is 214 g/mol. The summed E-state index contributed by atoms with van der Waals surface area (Å²) < 4.78 is 5.48. The third-order valence-corrected chi connectivity index (χ3v) is 2.83. The number of hydrogen-bond donors (Lipinski definition) is 0. The van der Waals surface area contributed by atoms with E-state index in [-0.39, 0.29) is 11.7 Å². The summed E-state index contributed by atoms with van der Waals surface area (Å²) in [6.07, 6.45) is 7.15. The number of hydrogen-bond acceptors (Lipinski definition) is 2. The summed E-state index contributed by atoms with van der Waals surface area (Å²) in [6, 6.07) is 7.73. The minimum absolute atomic E-state index is 0.0889. The molecule has 0 aromatic heterocycles. The lowest BCUT2D eigenvalue weighted by Crippen LogP contribution is -2.13. The number of carbonyl (C=O) groups is 1. The van der Waals surface area contributed by atoms with Crippen LogP contribution in [0.2, 0.25) is 0 Å². The quantitative estimate of drug-likeness (QED) is 0.568. The van der Waals surface area contributed by atoms with Crippen LogP contribution in [-0.4, -0.2) is 12.4 Å². The van der Waals surface area contributed by atoms with Crippen LogP contribution in [0.25, 0.3) is 0 Å². The third-order valence-electron chi connectivity index (χ3n) is 2.83. The summed E-state index contributed by atoms with van der Waals surface area (Å²) in [4.78, 5) is 11.9. The van der Waals surface area contributed by atoms with Crippen molar-refractivity contribution in [1.29, 1.82) is 0 Å². The van der Waals surface area contributed by atoms with Crippen molar-refractivity contribution >= 4 is 5.78 Å². The first-order chi connectivity index (χ1) is 7.83. The Hall–Kier alpha value is -1.75. The second-order valence-electron chi connectivity index (χ2n) is 3.93. The van der Waals surface area contributed by atoms with Crippen LogP contribution >= 0.6 is 0 Å². The molecule has 0 saturated carbocycles. The molecule has 16 heavy (non-hydrogen) atoms. The molecule has 0 radical (unpaired) electrons. The van der Waals surface area contributed by atoms with Crippen LogP contribution in [0.15, 0.2) is 24.3 Å². The van der Waals surface area contributed by atoms with E-state index in [4.69, 9.17) is 11.2 Å². The van der Waals surface area contributed by atoms with E-state index in [1.165, 1.54) is 0 Å². The van der Waals surface area contributed by atoms with Crippen molar-refractivity contribution in [1.82, 2.24) is 0 Å². The van der Waals surface area contributed by atoms with Gasteiger partial charge >= 0.3 is 0 Å². The average molecular weight is 214 g/mol. The van der Waals surface area contributed by atoms with Gasteiger partial charge in [0.25, 0.3) is 0 Å². The van der Waals surface area contributed by atoms with Gasteiger partial charge in [-0.05, 0) is 12.5 Å². The maximum absolute atomic E-state index is 11.9. The van der Waals surface area contributed by atoms with Gasteiger partial charge < -0.3 is 4.74 Å². The molecule has 0 amide bonds. The Bertz CT molecular complexity index is 429. The lowest BCUT2D eigenvalue weighted by molar-refractivity contribution is -0.120. The maximum Gasteiger partial charge on any atom is 0.143 e. The molecule has 0 saturated heterocycles. The predicted molar refractivity (Wildman–Crippen MR) is 62.4 cm³/mol. The fourth-order valence-electron chi connectivity index (χ4n) is 1.97. The minimum atomic E-state index is -0.0889. The van der Waals surface area contributed by atoms with Crippen LogP contribution in [0.5, 0.6) is 5.75 Å². The van der Waals surface area contributed by atoms with Crippen molar-refractivity contribution in [2.45, 2.75) is 25.2 Å². The summed E-state index contributed by atoms with van der Waals surface area (Å²) in [5, 5.41) is 0. The number of Topliss-reactive ketones (excluding diaryl/α,β-unsaturated/α-hetero) is 1. The number of terminal acetylenes is 1. The Morgan fingerprint density at radius 3 is 3.12 bits per heavy atom. The molecule has 0 spiro atoms. The molecule has 2 nitrogen and oxygen atoms in total. The summed E-state index contributed by atoms with van der Waals surface area (Å²) in [7, 11) is 0. The molecular weight excluding hydrogens is 200 g/mol. The second kappa shape index (κ2) is 4.85. The zero-order chi connectivity index (χ0) is 11.4. The van der Waals surface area contributed by atoms with E-state index in [1.54, 1.807) is 0 Å². The van der Waals surface area contributed by atoms with Crippen molar-refractivity contribution in [3.63, 3.8) is 0 Å². The summed E-state index contributed by atoms with van der Waals surface area (Å²) in [5.74, 6) is 3.54. The maximum atomic E-state index is 11.9. The number of unbranched alkanes of at least 4 members (excludes halogenated alkanes) is 1. The summed E-state index contributed by atoms with van der Waals surface area (Å²) in [6.45, 7) is 0.480. The Labute approximate surface area is 95.6 Å². The number of para-hydroxylation sites is 1. The first-order valence-electron chi connectivity index (χ1n) is 5.51. The second-order valence-corrected chi connectivity index (χ2v) is 3.93. The lowest BCUT2D eigenvalue weighted by Gasteiger charge is -2.06. The molecule has 0 N–H and O–H groups in total. The van der Waals surface area contributed by atoms with Gasteiger partial charge in [0.05, 0.1) is 5.92 Å². The number of rotatable bonds is 4. The zero-order valence-corrected chi connectivity index (χ0v) is 9.11. The van der Waals surface area contributed by atoms with Crippen LogP contribution in [0.1, 0.15) is 30.7 Å². The number of ether oxygens (including phenoxy) is 1. The molecule has 1 aliphatic heterocycles. The summed E-state index contributed by atoms with van der Waals surface area (Å²) >= 11 is 0. The largest absolute Gasteiger partial charge is 0.492 e. The molecule has 1 unspecified atom stereocenters. The number of carbonyl (C=O) groups excluding carboxylic acids is 1. The average Bonchev–Trinajstić information content (AvgIpc) is 2.73. The highest BCUT2D eigenvalue weighted by Crippen LogP contribution is 2.34. The van der Waals surface area contributed by atoms with E-state index in [0.29, 0.717) is 19.4 Å². The fourth-order valence-corrected chi connectivity index (χ4v) is 1.97. The van der Waals surface area contributed by atoms with Gasteiger partial charge in [-0.2, -0.15) is 0 Å². The molecule has 0 fully saturated rings. The standard InChI is InChI=1S/C14H14O2/c1-2-3-4-8-13(15)12-10-16-14-9-6-5-7-11(12)14/h1,5-7,9,12H,3-4,8,10H2. The fraction of sp³-hybridized carbons (Fsp3) is 0.357. The third kappa shape index (κ3) is 2.09. The van der Waals surface area contributed by atoms with Gasteiger partial charge in [0.1, 0.15) is 18.1 Å². The highest BCUT2D eigenvalue weighted by molar-refractivity contribution is 5.87. The molecule has 2 heteroatoms. The molecule has 0 bridgehead atoms. The Kier molecular flexibility index (Phi) is 3.26.